The van der Waals surface area contributed by atoms with Gasteiger partial charge in [-0.25, -0.2) is 9.97 Å². The monoisotopic (exact) mass is 495 g/mol. The van der Waals surface area contributed by atoms with Gasteiger partial charge in [-0.05, 0) is 18.2 Å². The number of hydrogen-bond donors (Lipinski definition) is 0. The Bertz CT molecular complexity index is 1920. The summed E-state index contributed by atoms with van der Waals surface area (Å²) in [7, 11) is -3.10. The summed E-state index contributed by atoms with van der Waals surface area (Å²) >= 11 is 0. The summed E-state index contributed by atoms with van der Waals surface area (Å²) in [6.07, 6.45) is 1.99. The van der Waals surface area contributed by atoms with Gasteiger partial charge in [0.05, 0.1) is 5.69 Å². The molecule has 7 rings (SSSR count). The molecule has 4 aromatic carbocycles. The van der Waals surface area contributed by atoms with Crippen LogP contribution in [-0.4, -0.2) is 14.4 Å². The Balaban J connectivity index is 1.51. The highest BCUT2D eigenvalue weighted by Gasteiger charge is 2.30. The zero-order chi connectivity index (χ0) is 24.8. The first-order valence-electron chi connectivity index (χ1n) is 12.2. The Labute approximate surface area is 214 Å². The number of rotatable bonds is 4. The summed E-state index contributed by atoms with van der Waals surface area (Å²) in [5, 5.41) is 4.48. The molecule has 7 aromatic rings. The van der Waals surface area contributed by atoms with E-state index >= 15 is 0 Å². The van der Waals surface area contributed by atoms with Crippen LogP contribution in [0.3, 0.4) is 0 Å². The molecule has 3 aromatic heterocycles. The number of fused-ring (bicyclic) bond motifs is 5. The van der Waals surface area contributed by atoms with E-state index in [2.05, 4.69) is 12.1 Å². The summed E-state index contributed by atoms with van der Waals surface area (Å²) in [5.74, 6) is 0. The topological polar surface area (TPSA) is 47.3 Å². The van der Waals surface area contributed by atoms with Gasteiger partial charge in [-0.2, -0.15) is 0 Å². The van der Waals surface area contributed by atoms with E-state index in [1.54, 1.807) is 0 Å². The zero-order valence-corrected chi connectivity index (χ0v) is 20.8. The van der Waals surface area contributed by atoms with Crippen molar-refractivity contribution in [3.05, 3.63) is 134 Å². The van der Waals surface area contributed by atoms with Crippen LogP contribution in [0.4, 0.5) is 0 Å². The second-order valence-corrected chi connectivity index (χ2v) is 11.8. The lowest BCUT2D eigenvalue weighted by Gasteiger charge is -2.20. The predicted molar refractivity (Wildman–Crippen MR) is 153 cm³/mol. The van der Waals surface area contributed by atoms with Gasteiger partial charge in [0, 0.05) is 38.4 Å². The van der Waals surface area contributed by atoms with Crippen molar-refractivity contribution in [2.75, 3.05) is 0 Å². The third-order valence-corrected chi connectivity index (χ3v) is 9.94. The van der Waals surface area contributed by atoms with Gasteiger partial charge < -0.3 is 4.57 Å². The minimum Gasteiger partial charge on any atom is -0.309 e. The molecule has 0 aliphatic heterocycles. The Hall–Kier alpha value is -4.53. The molecular weight excluding hydrogens is 473 g/mol. The quantitative estimate of drug-likeness (QED) is 0.268. The lowest BCUT2D eigenvalue weighted by Crippen LogP contribution is -2.25. The van der Waals surface area contributed by atoms with Gasteiger partial charge in [0.15, 0.2) is 12.8 Å². The van der Waals surface area contributed by atoms with Crippen LogP contribution in [0.15, 0.2) is 134 Å². The van der Waals surface area contributed by atoms with E-state index in [0.717, 1.165) is 54.8 Å². The van der Waals surface area contributed by atoms with E-state index < -0.39 is 7.14 Å². The van der Waals surface area contributed by atoms with Gasteiger partial charge >= 0.3 is 0 Å². The fourth-order valence-corrected chi connectivity index (χ4v) is 7.82. The Morgan fingerprint density at radius 3 is 1.92 bits per heavy atom. The highest BCUT2D eigenvalue weighted by atomic mass is 31.2. The molecule has 0 bridgehead atoms. The molecule has 5 heteroatoms. The van der Waals surface area contributed by atoms with Crippen molar-refractivity contribution in [2.45, 2.75) is 0 Å². The smallest absolute Gasteiger partial charge is 0.171 e. The zero-order valence-electron chi connectivity index (χ0n) is 19.9. The summed E-state index contributed by atoms with van der Waals surface area (Å²) in [6, 6.07) is 41.8. The van der Waals surface area contributed by atoms with Crippen molar-refractivity contribution in [3.63, 3.8) is 0 Å². The molecule has 0 spiro atoms. The van der Waals surface area contributed by atoms with E-state index in [1.807, 2.05) is 126 Å². The molecule has 0 saturated heterocycles. The molecule has 0 radical (unpaired) electrons. The van der Waals surface area contributed by atoms with Crippen molar-refractivity contribution in [1.29, 1.82) is 0 Å². The van der Waals surface area contributed by atoms with Crippen molar-refractivity contribution in [3.8, 4) is 11.3 Å². The number of aromatic nitrogens is 3. The Morgan fingerprint density at radius 2 is 1.19 bits per heavy atom. The molecule has 0 amide bonds. The molecule has 0 N–H and O–H groups in total. The van der Waals surface area contributed by atoms with Gasteiger partial charge in [0.2, 0.25) is 0 Å². The minimum absolute atomic E-state index is 0.784. The fraction of sp³-hybridized carbons (Fsp3) is 0. The van der Waals surface area contributed by atoms with Crippen LogP contribution in [0.5, 0.6) is 0 Å². The van der Waals surface area contributed by atoms with Crippen LogP contribution in [0.1, 0.15) is 0 Å². The third-order valence-electron chi connectivity index (χ3n) is 6.88. The normalized spacial score (nSPS) is 11.9. The lowest BCUT2D eigenvalue weighted by atomic mass is 10.0. The van der Waals surface area contributed by atoms with Gasteiger partial charge in [0.1, 0.15) is 11.2 Å². The predicted octanol–water partition coefficient (Wildman–Crippen LogP) is 6.34. The van der Waals surface area contributed by atoms with Crippen molar-refractivity contribution >= 4 is 50.6 Å². The van der Waals surface area contributed by atoms with Crippen LogP contribution in [0, 0.1) is 0 Å². The van der Waals surface area contributed by atoms with Gasteiger partial charge in [-0.1, -0.05) is 109 Å². The minimum atomic E-state index is -3.10. The Morgan fingerprint density at radius 1 is 0.568 bits per heavy atom. The molecule has 0 atom stereocenters. The molecule has 0 saturated carbocycles. The van der Waals surface area contributed by atoms with Crippen molar-refractivity contribution in [1.82, 2.24) is 14.4 Å². The maximum absolute atomic E-state index is 15.0. The van der Waals surface area contributed by atoms with Crippen LogP contribution < -0.4 is 15.9 Å². The molecule has 0 fully saturated rings. The number of hydrogen-bond acceptors (Lipinski definition) is 3. The standard InChI is InChI=1S/C32H22N3OP/c36-37(24-13-3-1-4-14-24,25-15-5-2-6-16-25)26-17-11-12-23(22-26)30-27-18-7-8-19-28(27)31-32(34-30)35-21-10-9-20-29(35)33-31/h1-22H. The highest BCUT2D eigenvalue weighted by Crippen LogP contribution is 2.43. The first kappa shape index (κ1) is 21.7. The number of benzene rings is 4. The van der Waals surface area contributed by atoms with Crippen LogP contribution in [-0.2, 0) is 4.57 Å². The number of pyridine rings is 2. The highest BCUT2D eigenvalue weighted by molar-refractivity contribution is 7.85. The van der Waals surface area contributed by atoms with Gasteiger partial charge in [-0.15, -0.1) is 0 Å². The second kappa shape index (κ2) is 8.55. The molecular formula is C32H22N3OP. The molecule has 0 aliphatic rings. The first-order chi connectivity index (χ1) is 18.2. The number of imidazole rings is 1. The molecule has 3 heterocycles. The largest absolute Gasteiger partial charge is 0.309 e. The van der Waals surface area contributed by atoms with E-state index in [-0.39, 0.29) is 0 Å². The van der Waals surface area contributed by atoms with E-state index in [4.69, 9.17) is 9.97 Å². The van der Waals surface area contributed by atoms with Crippen LogP contribution in [0.2, 0.25) is 0 Å². The molecule has 37 heavy (non-hydrogen) atoms. The average molecular weight is 496 g/mol. The van der Waals surface area contributed by atoms with E-state index in [1.165, 1.54) is 0 Å². The average Bonchev–Trinajstić information content (AvgIpc) is 3.36. The third kappa shape index (κ3) is 3.41. The maximum atomic E-state index is 15.0. The first-order valence-corrected chi connectivity index (χ1v) is 13.9. The summed E-state index contributed by atoms with van der Waals surface area (Å²) < 4.78 is 17.0. The van der Waals surface area contributed by atoms with Crippen LogP contribution in [0.25, 0.3) is 38.8 Å². The molecule has 0 unspecified atom stereocenters. The lowest BCUT2D eigenvalue weighted by molar-refractivity contribution is 0.592. The molecule has 4 nitrogen and oxygen atoms in total. The van der Waals surface area contributed by atoms with Crippen LogP contribution >= 0.6 is 7.14 Å². The van der Waals surface area contributed by atoms with Gasteiger partial charge in [0.25, 0.3) is 0 Å². The van der Waals surface area contributed by atoms with Crippen molar-refractivity contribution in [2.24, 2.45) is 0 Å². The molecule has 176 valence electrons. The SMILES string of the molecule is O=P(c1ccccc1)(c1ccccc1)c1cccc(-c2nc3c(nc4ccccn43)c3ccccc23)c1. The van der Waals surface area contributed by atoms with E-state index in [9.17, 15) is 4.57 Å². The maximum Gasteiger partial charge on any atom is 0.171 e. The summed E-state index contributed by atoms with van der Waals surface area (Å²) in [4.78, 5) is 10.0. The van der Waals surface area contributed by atoms with E-state index in [0.29, 0.717) is 0 Å². The summed E-state index contributed by atoms with van der Waals surface area (Å²) in [5.41, 5.74) is 4.32. The number of nitrogens with zero attached hydrogens (tertiary/aromatic N) is 3. The molecule has 0 aliphatic carbocycles. The van der Waals surface area contributed by atoms with Crippen molar-refractivity contribution < 1.29 is 4.57 Å². The Kier molecular flexibility index (Phi) is 5.02. The fourth-order valence-electron chi connectivity index (χ4n) is 5.12. The van der Waals surface area contributed by atoms with Gasteiger partial charge in [-0.3, -0.25) is 4.40 Å². The second-order valence-electron chi connectivity index (χ2n) is 9.05. The summed E-state index contributed by atoms with van der Waals surface area (Å²) in [6.45, 7) is 0.